The molecule has 35 heavy (non-hydrogen) atoms. The first kappa shape index (κ1) is 24.6. The molecule has 0 amide bonds. The predicted molar refractivity (Wildman–Crippen MR) is 139 cm³/mol. The summed E-state index contributed by atoms with van der Waals surface area (Å²) in [4.78, 5) is 17.9. The van der Waals surface area contributed by atoms with Crippen molar-refractivity contribution in [1.29, 1.82) is 0 Å². The summed E-state index contributed by atoms with van der Waals surface area (Å²) in [7, 11) is 1.56. The Morgan fingerprint density at radius 1 is 1.09 bits per heavy atom. The maximum atomic E-state index is 13.2. The standard InChI is InChI=1S/C27H25BrFN3O3/c1-3-4-5-26-31-23-12-9-20(28)15-22(23)27(33)32(26)30-16-19-8-13-24(25(14-19)34-2)35-17-18-6-10-21(29)11-7-18/h6-16H,3-5,17H2,1-2H3. The molecule has 0 unspecified atom stereocenters. The van der Waals surface area contributed by atoms with Crippen LogP contribution in [0, 0.1) is 5.82 Å². The van der Waals surface area contributed by atoms with Crippen LogP contribution < -0.4 is 15.0 Å². The van der Waals surface area contributed by atoms with Gasteiger partial charge < -0.3 is 9.47 Å². The quantitative estimate of drug-likeness (QED) is 0.241. The first-order valence-corrected chi connectivity index (χ1v) is 12.1. The molecule has 0 radical (unpaired) electrons. The first-order chi connectivity index (χ1) is 17.0. The fourth-order valence-corrected chi connectivity index (χ4v) is 3.92. The third-order valence-corrected chi connectivity index (χ3v) is 5.94. The summed E-state index contributed by atoms with van der Waals surface area (Å²) in [5.74, 6) is 1.40. The molecular formula is C27H25BrFN3O3. The van der Waals surface area contributed by atoms with Crippen LogP contribution in [0.4, 0.5) is 4.39 Å². The molecule has 1 heterocycles. The summed E-state index contributed by atoms with van der Waals surface area (Å²) in [5, 5.41) is 4.98. The number of aromatic nitrogens is 2. The third-order valence-electron chi connectivity index (χ3n) is 5.45. The van der Waals surface area contributed by atoms with Gasteiger partial charge in [0.1, 0.15) is 18.2 Å². The minimum atomic E-state index is -0.291. The highest BCUT2D eigenvalue weighted by Crippen LogP contribution is 2.28. The Hall–Kier alpha value is -3.52. The molecule has 8 heteroatoms. The number of hydrogen-bond donors (Lipinski definition) is 0. The average molecular weight is 538 g/mol. The van der Waals surface area contributed by atoms with E-state index in [4.69, 9.17) is 14.5 Å². The lowest BCUT2D eigenvalue weighted by atomic mass is 10.2. The molecule has 0 saturated carbocycles. The van der Waals surface area contributed by atoms with Gasteiger partial charge in [-0.2, -0.15) is 9.78 Å². The van der Waals surface area contributed by atoms with Gasteiger partial charge in [0.2, 0.25) is 0 Å². The minimum absolute atomic E-state index is 0.218. The predicted octanol–water partition coefficient (Wildman–Crippen LogP) is 6.11. The Morgan fingerprint density at radius 3 is 2.63 bits per heavy atom. The molecule has 0 spiro atoms. The molecule has 1 aromatic heterocycles. The Bertz CT molecular complexity index is 1420. The fourth-order valence-electron chi connectivity index (χ4n) is 3.56. The van der Waals surface area contributed by atoms with Gasteiger partial charge in [-0.05, 0) is 66.1 Å². The molecule has 0 atom stereocenters. The molecule has 0 bridgehead atoms. The smallest absolute Gasteiger partial charge is 0.282 e. The van der Waals surface area contributed by atoms with Gasteiger partial charge in [0.25, 0.3) is 5.56 Å². The number of methoxy groups -OCH3 is 1. The molecule has 0 aliphatic heterocycles. The number of aryl methyl sites for hydroxylation is 1. The Balaban J connectivity index is 1.62. The molecule has 0 fully saturated rings. The van der Waals surface area contributed by atoms with Crippen LogP contribution in [-0.4, -0.2) is 23.0 Å². The highest BCUT2D eigenvalue weighted by Gasteiger charge is 2.11. The van der Waals surface area contributed by atoms with E-state index < -0.39 is 0 Å². The molecule has 4 rings (SSSR count). The van der Waals surface area contributed by atoms with Gasteiger partial charge in [-0.25, -0.2) is 9.37 Å². The number of halogens is 2. The van der Waals surface area contributed by atoms with Crippen LogP contribution in [-0.2, 0) is 13.0 Å². The number of rotatable bonds is 9. The summed E-state index contributed by atoms with van der Waals surface area (Å²) < 4.78 is 26.6. The summed E-state index contributed by atoms with van der Waals surface area (Å²) in [6.07, 6.45) is 4.13. The van der Waals surface area contributed by atoms with Gasteiger partial charge in [0.05, 0.1) is 24.2 Å². The van der Waals surface area contributed by atoms with Gasteiger partial charge in [0.15, 0.2) is 11.5 Å². The number of benzene rings is 3. The highest BCUT2D eigenvalue weighted by molar-refractivity contribution is 9.10. The molecule has 0 aliphatic rings. The number of fused-ring (bicyclic) bond motifs is 1. The lowest BCUT2D eigenvalue weighted by Crippen LogP contribution is -2.22. The van der Waals surface area contributed by atoms with Gasteiger partial charge >= 0.3 is 0 Å². The second-order valence-corrected chi connectivity index (χ2v) is 8.90. The van der Waals surface area contributed by atoms with E-state index >= 15 is 0 Å². The third kappa shape index (κ3) is 5.95. The Kier molecular flexibility index (Phi) is 7.92. The van der Waals surface area contributed by atoms with E-state index in [9.17, 15) is 9.18 Å². The van der Waals surface area contributed by atoms with E-state index in [-0.39, 0.29) is 18.0 Å². The minimum Gasteiger partial charge on any atom is -0.493 e. The zero-order chi connectivity index (χ0) is 24.8. The van der Waals surface area contributed by atoms with Crippen LogP contribution in [0.2, 0.25) is 0 Å². The van der Waals surface area contributed by atoms with E-state index in [1.807, 2.05) is 18.2 Å². The van der Waals surface area contributed by atoms with Gasteiger partial charge in [-0.3, -0.25) is 4.79 Å². The van der Waals surface area contributed by atoms with Crippen molar-refractivity contribution >= 4 is 33.0 Å². The lowest BCUT2D eigenvalue weighted by molar-refractivity contribution is 0.284. The summed E-state index contributed by atoms with van der Waals surface area (Å²) in [6.45, 7) is 2.37. The molecule has 3 aromatic carbocycles. The second kappa shape index (κ2) is 11.3. The molecule has 6 nitrogen and oxygen atoms in total. The number of ether oxygens (including phenoxy) is 2. The SMILES string of the molecule is CCCCc1nc2ccc(Br)cc2c(=O)n1N=Cc1ccc(OCc2ccc(F)cc2)c(OC)c1. The highest BCUT2D eigenvalue weighted by atomic mass is 79.9. The van der Waals surface area contributed by atoms with Gasteiger partial charge in [-0.15, -0.1) is 0 Å². The van der Waals surface area contributed by atoms with Crippen LogP contribution in [0.5, 0.6) is 11.5 Å². The van der Waals surface area contributed by atoms with Crippen molar-refractivity contribution < 1.29 is 13.9 Å². The van der Waals surface area contributed by atoms with Crippen molar-refractivity contribution in [1.82, 2.24) is 9.66 Å². The second-order valence-electron chi connectivity index (χ2n) is 7.98. The van der Waals surface area contributed by atoms with Gasteiger partial charge in [-0.1, -0.05) is 41.4 Å². The molecule has 180 valence electrons. The number of nitrogens with zero attached hydrogens (tertiary/aromatic N) is 3. The Labute approximate surface area is 211 Å². The van der Waals surface area contributed by atoms with Gasteiger partial charge in [0, 0.05) is 10.9 Å². The summed E-state index contributed by atoms with van der Waals surface area (Å²) >= 11 is 3.42. The molecule has 0 saturated heterocycles. The van der Waals surface area contributed by atoms with Crippen molar-refractivity contribution in [3.63, 3.8) is 0 Å². The zero-order valence-electron chi connectivity index (χ0n) is 19.5. The van der Waals surface area contributed by atoms with Crippen LogP contribution in [0.3, 0.4) is 0 Å². The fraction of sp³-hybridized carbons (Fsp3) is 0.222. The molecule has 0 N–H and O–H groups in total. The van der Waals surface area contributed by atoms with E-state index in [0.717, 1.165) is 28.4 Å². The molecule has 0 aliphatic carbocycles. The topological polar surface area (TPSA) is 65.7 Å². The van der Waals surface area contributed by atoms with Crippen molar-refractivity contribution in [3.8, 4) is 11.5 Å². The van der Waals surface area contributed by atoms with Crippen molar-refractivity contribution in [2.24, 2.45) is 5.10 Å². The van der Waals surface area contributed by atoms with E-state index in [1.165, 1.54) is 16.8 Å². The molecule has 4 aromatic rings. The van der Waals surface area contributed by atoms with Crippen LogP contribution in [0.25, 0.3) is 10.9 Å². The molecular weight excluding hydrogens is 513 g/mol. The lowest BCUT2D eigenvalue weighted by Gasteiger charge is -2.12. The monoisotopic (exact) mass is 537 g/mol. The Morgan fingerprint density at radius 2 is 1.89 bits per heavy atom. The van der Waals surface area contributed by atoms with Crippen LogP contribution >= 0.6 is 15.9 Å². The normalized spacial score (nSPS) is 11.3. The van der Waals surface area contributed by atoms with Crippen LogP contribution in [0.15, 0.2) is 75.0 Å². The first-order valence-electron chi connectivity index (χ1n) is 11.3. The van der Waals surface area contributed by atoms with E-state index in [0.29, 0.717) is 34.6 Å². The average Bonchev–Trinajstić information content (AvgIpc) is 2.87. The van der Waals surface area contributed by atoms with E-state index in [1.54, 1.807) is 43.7 Å². The van der Waals surface area contributed by atoms with E-state index in [2.05, 4.69) is 28.0 Å². The zero-order valence-corrected chi connectivity index (χ0v) is 21.1. The maximum Gasteiger partial charge on any atom is 0.282 e. The summed E-state index contributed by atoms with van der Waals surface area (Å²) in [5.41, 5.74) is 2.01. The van der Waals surface area contributed by atoms with Crippen molar-refractivity contribution in [3.05, 3.63) is 98.3 Å². The number of unbranched alkanes of at least 4 members (excludes halogenated alkanes) is 1. The number of hydrogen-bond acceptors (Lipinski definition) is 5. The summed E-state index contributed by atoms with van der Waals surface area (Å²) in [6, 6.07) is 17.0. The largest absolute Gasteiger partial charge is 0.493 e. The van der Waals surface area contributed by atoms with Crippen LogP contribution in [0.1, 0.15) is 36.7 Å². The maximum absolute atomic E-state index is 13.2. The van der Waals surface area contributed by atoms with Crippen molar-refractivity contribution in [2.75, 3.05) is 7.11 Å². The van der Waals surface area contributed by atoms with Crippen molar-refractivity contribution in [2.45, 2.75) is 32.8 Å².